The molecule has 0 amide bonds. The van der Waals surface area contributed by atoms with Gasteiger partial charge in [0.2, 0.25) is 0 Å². The quantitative estimate of drug-likeness (QED) is 0.651. The molecule has 0 bridgehead atoms. The predicted octanol–water partition coefficient (Wildman–Crippen LogP) is 5.01. The van der Waals surface area contributed by atoms with Crippen molar-refractivity contribution in [3.05, 3.63) is 54.2 Å². The number of hydrogen-bond donors (Lipinski definition) is 1. The molecule has 4 heteroatoms. The monoisotopic (exact) mass is 435 g/mol. The van der Waals surface area contributed by atoms with Crippen LogP contribution >= 0.6 is 49.9 Å². The minimum atomic E-state index is 0.369. The molecule has 2 rings (SSSR count). The Hall–Kier alpha value is 0.0900. The highest BCUT2D eigenvalue weighted by atomic mass is 127. The van der Waals surface area contributed by atoms with Crippen LogP contribution in [0.5, 0.6) is 0 Å². The molecule has 1 heterocycles. The Balaban J connectivity index is 2.26. The summed E-state index contributed by atoms with van der Waals surface area (Å²) in [6, 6.07) is 9.09. The zero-order valence-electron chi connectivity index (χ0n) is 10.1. The maximum absolute atomic E-state index is 3.66. The average Bonchev–Trinajstić information content (AvgIpc) is 2.85. The van der Waals surface area contributed by atoms with Crippen molar-refractivity contribution in [2.24, 2.45) is 0 Å². The molecule has 18 heavy (non-hydrogen) atoms. The van der Waals surface area contributed by atoms with Gasteiger partial charge in [-0.25, -0.2) is 0 Å². The van der Waals surface area contributed by atoms with Gasteiger partial charge in [-0.2, -0.15) is 11.3 Å². The first-order valence-corrected chi connectivity index (χ1v) is 8.71. The van der Waals surface area contributed by atoms with Crippen molar-refractivity contribution in [3.8, 4) is 0 Å². The molecule has 0 aliphatic rings. The van der Waals surface area contributed by atoms with Gasteiger partial charge < -0.3 is 5.32 Å². The molecule has 0 saturated heterocycles. The Morgan fingerprint density at radius 1 is 1.39 bits per heavy atom. The lowest BCUT2D eigenvalue weighted by Crippen LogP contribution is -2.23. The van der Waals surface area contributed by atoms with E-state index in [1.807, 2.05) is 0 Å². The lowest BCUT2D eigenvalue weighted by molar-refractivity contribution is 0.548. The third-order valence-corrected chi connectivity index (χ3v) is 4.93. The van der Waals surface area contributed by atoms with Gasteiger partial charge in [0.15, 0.2) is 0 Å². The minimum absolute atomic E-state index is 0.369. The molecule has 0 spiro atoms. The van der Waals surface area contributed by atoms with Crippen molar-refractivity contribution >= 4 is 49.9 Å². The average molecular weight is 436 g/mol. The molecule has 96 valence electrons. The molecule has 1 aromatic carbocycles. The van der Waals surface area contributed by atoms with Crippen LogP contribution in [-0.2, 0) is 6.42 Å². The second-order valence-electron chi connectivity index (χ2n) is 4.11. The van der Waals surface area contributed by atoms with E-state index in [9.17, 15) is 0 Å². The normalized spacial score (nSPS) is 12.6. The molecule has 0 saturated carbocycles. The standard InChI is InChI=1S/C14H15BrINS/c1-2-17-14(7-10-5-6-18-9-10)12-8-11(16)3-4-13(12)15/h3-6,8-9,14,17H,2,7H2,1H3. The molecule has 2 aromatic rings. The second-order valence-corrected chi connectivity index (χ2v) is 6.99. The maximum Gasteiger partial charge on any atom is 0.0372 e. The third kappa shape index (κ3) is 3.79. The highest BCUT2D eigenvalue weighted by Gasteiger charge is 2.14. The Kier molecular flexibility index (Phi) is 5.66. The number of thiophene rings is 1. The Morgan fingerprint density at radius 3 is 2.89 bits per heavy atom. The number of halogens is 2. The molecule has 0 radical (unpaired) electrons. The fourth-order valence-electron chi connectivity index (χ4n) is 1.96. The summed E-state index contributed by atoms with van der Waals surface area (Å²) in [6.07, 6.45) is 1.04. The highest BCUT2D eigenvalue weighted by Crippen LogP contribution is 2.28. The predicted molar refractivity (Wildman–Crippen MR) is 91.3 cm³/mol. The molecule has 1 atom stereocenters. The zero-order valence-corrected chi connectivity index (χ0v) is 14.7. The van der Waals surface area contributed by atoms with Crippen LogP contribution in [0.1, 0.15) is 24.1 Å². The van der Waals surface area contributed by atoms with E-state index in [4.69, 9.17) is 0 Å². The van der Waals surface area contributed by atoms with E-state index in [1.54, 1.807) is 11.3 Å². The Labute approximate surface area is 134 Å². The van der Waals surface area contributed by atoms with Crippen LogP contribution < -0.4 is 5.32 Å². The summed E-state index contributed by atoms with van der Waals surface area (Å²) in [7, 11) is 0. The van der Waals surface area contributed by atoms with Gasteiger partial charge >= 0.3 is 0 Å². The lowest BCUT2D eigenvalue weighted by Gasteiger charge is -2.19. The minimum Gasteiger partial charge on any atom is -0.310 e. The van der Waals surface area contributed by atoms with E-state index in [-0.39, 0.29) is 0 Å². The molecule has 1 unspecified atom stereocenters. The number of nitrogens with one attached hydrogen (secondary N) is 1. The Morgan fingerprint density at radius 2 is 2.22 bits per heavy atom. The number of likely N-dealkylation sites (N-methyl/N-ethyl adjacent to an activating group) is 1. The van der Waals surface area contributed by atoms with E-state index in [0.717, 1.165) is 13.0 Å². The molecule has 1 nitrogen and oxygen atoms in total. The van der Waals surface area contributed by atoms with Gasteiger partial charge in [0, 0.05) is 14.1 Å². The van der Waals surface area contributed by atoms with Gasteiger partial charge in [-0.1, -0.05) is 22.9 Å². The summed E-state index contributed by atoms with van der Waals surface area (Å²) in [6.45, 7) is 3.13. The lowest BCUT2D eigenvalue weighted by atomic mass is 10.0. The van der Waals surface area contributed by atoms with Crippen LogP contribution in [0.3, 0.4) is 0 Å². The first kappa shape index (κ1) is 14.5. The van der Waals surface area contributed by atoms with Crippen LogP contribution in [0.25, 0.3) is 0 Å². The Bertz CT molecular complexity index is 499. The SMILES string of the molecule is CCNC(Cc1ccsc1)c1cc(I)ccc1Br. The molecule has 0 aliphatic carbocycles. The number of benzene rings is 1. The maximum atomic E-state index is 3.66. The van der Waals surface area contributed by atoms with Gasteiger partial charge in [0.25, 0.3) is 0 Å². The van der Waals surface area contributed by atoms with Gasteiger partial charge in [-0.05, 0) is 81.7 Å². The van der Waals surface area contributed by atoms with Crippen LogP contribution in [0.15, 0.2) is 39.5 Å². The second kappa shape index (κ2) is 7.03. The largest absolute Gasteiger partial charge is 0.310 e. The molecular weight excluding hydrogens is 421 g/mol. The van der Waals surface area contributed by atoms with Gasteiger partial charge in [-0.15, -0.1) is 0 Å². The van der Waals surface area contributed by atoms with E-state index in [2.05, 4.69) is 85.8 Å². The summed E-state index contributed by atoms with van der Waals surface area (Å²) in [5.74, 6) is 0. The van der Waals surface area contributed by atoms with Gasteiger partial charge in [0.1, 0.15) is 0 Å². The van der Waals surface area contributed by atoms with Crippen molar-refractivity contribution in [2.75, 3.05) is 6.54 Å². The summed E-state index contributed by atoms with van der Waals surface area (Å²) >= 11 is 7.79. The van der Waals surface area contributed by atoms with Gasteiger partial charge in [-0.3, -0.25) is 0 Å². The van der Waals surface area contributed by atoms with Crippen molar-refractivity contribution in [2.45, 2.75) is 19.4 Å². The third-order valence-electron chi connectivity index (χ3n) is 2.80. The summed E-state index contributed by atoms with van der Waals surface area (Å²) in [4.78, 5) is 0. The van der Waals surface area contributed by atoms with E-state index >= 15 is 0 Å². The van der Waals surface area contributed by atoms with E-state index < -0.39 is 0 Å². The van der Waals surface area contributed by atoms with Crippen LogP contribution in [0.4, 0.5) is 0 Å². The topological polar surface area (TPSA) is 12.0 Å². The van der Waals surface area contributed by atoms with Crippen molar-refractivity contribution < 1.29 is 0 Å². The number of rotatable bonds is 5. The first-order valence-electron chi connectivity index (χ1n) is 5.90. The zero-order chi connectivity index (χ0) is 13.0. The van der Waals surface area contributed by atoms with Crippen molar-refractivity contribution in [1.82, 2.24) is 5.32 Å². The van der Waals surface area contributed by atoms with Crippen molar-refractivity contribution in [3.63, 3.8) is 0 Å². The fraction of sp³-hybridized carbons (Fsp3) is 0.286. The molecule has 0 fully saturated rings. The van der Waals surface area contributed by atoms with Crippen LogP contribution in [0, 0.1) is 3.57 Å². The van der Waals surface area contributed by atoms with Crippen LogP contribution in [0.2, 0.25) is 0 Å². The van der Waals surface area contributed by atoms with Crippen LogP contribution in [-0.4, -0.2) is 6.54 Å². The van der Waals surface area contributed by atoms with Gasteiger partial charge in [0.05, 0.1) is 0 Å². The molecular formula is C14H15BrINS. The first-order chi connectivity index (χ1) is 8.70. The molecule has 1 aromatic heterocycles. The smallest absolute Gasteiger partial charge is 0.0372 e. The highest BCUT2D eigenvalue weighted by molar-refractivity contribution is 14.1. The summed E-state index contributed by atoms with van der Waals surface area (Å²) < 4.78 is 2.46. The van der Waals surface area contributed by atoms with E-state index in [0.29, 0.717) is 6.04 Å². The molecule has 1 N–H and O–H groups in total. The fourth-order valence-corrected chi connectivity index (χ4v) is 3.68. The van der Waals surface area contributed by atoms with E-state index in [1.165, 1.54) is 19.2 Å². The van der Waals surface area contributed by atoms with Crippen molar-refractivity contribution in [1.29, 1.82) is 0 Å². The number of hydrogen-bond acceptors (Lipinski definition) is 2. The summed E-state index contributed by atoms with van der Waals surface area (Å²) in [5.41, 5.74) is 2.74. The molecule has 0 aliphatic heterocycles. The summed E-state index contributed by atoms with van der Waals surface area (Å²) in [5, 5.41) is 7.95.